The Kier molecular flexibility index (Phi) is 10.7. The van der Waals surface area contributed by atoms with Crippen molar-refractivity contribution < 1.29 is 24.2 Å². The Morgan fingerprint density at radius 2 is 2.04 bits per heavy atom. The van der Waals surface area contributed by atoms with Crippen LogP contribution in [-0.2, 0) is 19.1 Å². The van der Waals surface area contributed by atoms with E-state index in [0.717, 1.165) is 38.5 Å². The summed E-state index contributed by atoms with van der Waals surface area (Å²) in [4.78, 5) is 23.3. The van der Waals surface area contributed by atoms with E-state index in [0.29, 0.717) is 38.3 Å². The van der Waals surface area contributed by atoms with E-state index in [1.54, 1.807) is 6.92 Å². The number of esters is 1. The summed E-state index contributed by atoms with van der Waals surface area (Å²) in [7, 11) is 1.41. The van der Waals surface area contributed by atoms with E-state index in [1.807, 2.05) is 19.1 Å². The lowest BCUT2D eigenvalue weighted by Gasteiger charge is -2.21. The minimum absolute atomic E-state index is 0.0783. The topological polar surface area (TPSA) is 72.8 Å². The van der Waals surface area contributed by atoms with Gasteiger partial charge in [0.2, 0.25) is 0 Å². The molecule has 5 heteroatoms. The second kappa shape index (κ2) is 12.2. The van der Waals surface area contributed by atoms with Crippen molar-refractivity contribution in [2.24, 2.45) is 11.8 Å². The van der Waals surface area contributed by atoms with Crippen LogP contribution in [0.2, 0.25) is 0 Å². The number of aliphatic hydroxyl groups is 1. The summed E-state index contributed by atoms with van der Waals surface area (Å²) < 4.78 is 9.94. The smallest absolute Gasteiger partial charge is 0.305 e. The first-order chi connectivity index (χ1) is 12.4. The van der Waals surface area contributed by atoms with Gasteiger partial charge in [-0.3, -0.25) is 9.59 Å². The van der Waals surface area contributed by atoms with Crippen molar-refractivity contribution in [3.05, 3.63) is 12.2 Å². The van der Waals surface area contributed by atoms with Crippen LogP contribution in [0.5, 0.6) is 0 Å². The molecule has 3 atom stereocenters. The van der Waals surface area contributed by atoms with Crippen molar-refractivity contribution in [2.45, 2.75) is 77.2 Å². The molecule has 0 heterocycles. The van der Waals surface area contributed by atoms with E-state index < -0.39 is 5.60 Å². The normalized spacial score (nSPS) is 22.7. The van der Waals surface area contributed by atoms with Crippen molar-refractivity contribution in [1.82, 2.24) is 0 Å². The van der Waals surface area contributed by atoms with E-state index in [4.69, 9.17) is 4.74 Å². The number of rotatable bonds is 13. The largest absolute Gasteiger partial charge is 0.469 e. The SMILES string of the molecule is CCOCCC(C)(O)C=CC1CCC(=O)C1CCCCCCC(=O)OC. The molecule has 5 nitrogen and oxygen atoms in total. The second-order valence-corrected chi connectivity index (χ2v) is 7.47. The summed E-state index contributed by atoms with van der Waals surface area (Å²) in [6.45, 7) is 4.91. The van der Waals surface area contributed by atoms with Crippen LogP contribution in [0.3, 0.4) is 0 Å². The van der Waals surface area contributed by atoms with Crippen molar-refractivity contribution in [1.29, 1.82) is 0 Å². The first-order valence-corrected chi connectivity index (χ1v) is 9.98. The predicted octanol–water partition coefficient (Wildman–Crippen LogP) is 3.83. The van der Waals surface area contributed by atoms with Gasteiger partial charge in [0.25, 0.3) is 0 Å². The standard InChI is InChI=1S/C21H36O5/c1-4-26-16-15-21(2,24)14-13-17-11-12-19(22)18(17)9-7-5-6-8-10-20(23)25-3/h13-14,17-18,24H,4-12,15-16H2,1-3H3. The first-order valence-electron chi connectivity index (χ1n) is 9.98. The van der Waals surface area contributed by atoms with E-state index in [1.165, 1.54) is 7.11 Å². The van der Waals surface area contributed by atoms with Gasteiger partial charge in [-0.15, -0.1) is 0 Å². The number of ether oxygens (including phenoxy) is 2. The van der Waals surface area contributed by atoms with Crippen LogP contribution in [0.15, 0.2) is 12.2 Å². The third-order valence-corrected chi connectivity index (χ3v) is 5.19. The zero-order valence-corrected chi connectivity index (χ0v) is 16.7. The molecule has 3 unspecified atom stereocenters. The highest BCUT2D eigenvalue weighted by molar-refractivity contribution is 5.83. The Morgan fingerprint density at radius 1 is 1.31 bits per heavy atom. The second-order valence-electron chi connectivity index (χ2n) is 7.47. The lowest BCUT2D eigenvalue weighted by molar-refractivity contribution is -0.140. The first kappa shape index (κ1) is 22.8. The van der Waals surface area contributed by atoms with E-state index in [9.17, 15) is 14.7 Å². The summed E-state index contributed by atoms with van der Waals surface area (Å²) in [5, 5.41) is 10.4. The van der Waals surface area contributed by atoms with Crippen molar-refractivity contribution in [3.63, 3.8) is 0 Å². The summed E-state index contributed by atoms with van der Waals surface area (Å²) in [6, 6.07) is 0. The third kappa shape index (κ3) is 8.95. The Bertz CT molecular complexity index is 455. The zero-order valence-electron chi connectivity index (χ0n) is 16.7. The maximum atomic E-state index is 12.2. The van der Waals surface area contributed by atoms with Gasteiger partial charge in [0, 0.05) is 38.4 Å². The molecule has 0 aromatic rings. The van der Waals surface area contributed by atoms with E-state index in [-0.39, 0.29) is 17.8 Å². The molecular formula is C21H36O5. The van der Waals surface area contributed by atoms with Crippen LogP contribution in [-0.4, -0.2) is 42.8 Å². The minimum Gasteiger partial charge on any atom is -0.469 e. The molecule has 1 aliphatic carbocycles. The quantitative estimate of drug-likeness (QED) is 0.304. The van der Waals surface area contributed by atoms with E-state index >= 15 is 0 Å². The molecule has 1 aliphatic rings. The number of unbranched alkanes of at least 4 members (excludes halogenated alkanes) is 3. The molecule has 0 aliphatic heterocycles. The van der Waals surface area contributed by atoms with Gasteiger partial charge >= 0.3 is 5.97 Å². The summed E-state index contributed by atoms with van der Waals surface area (Å²) in [5.74, 6) is 0.506. The van der Waals surface area contributed by atoms with Gasteiger partial charge < -0.3 is 14.6 Å². The van der Waals surface area contributed by atoms with Gasteiger partial charge in [-0.05, 0) is 39.0 Å². The fourth-order valence-electron chi connectivity index (χ4n) is 3.47. The van der Waals surface area contributed by atoms with Crippen LogP contribution in [0.4, 0.5) is 0 Å². The van der Waals surface area contributed by atoms with Gasteiger partial charge in [-0.1, -0.05) is 31.4 Å². The van der Waals surface area contributed by atoms with Gasteiger partial charge in [0.15, 0.2) is 0 Å². The maximum absolute atomic E-state index is 12.2. The molecule has 0 aromatic carbocycles. The zero-order chi connectivity index (χ0) is 19.4. The van der Waals surface area contributed by atoms with E-state index in [2.05, 4.69) is 4.74 Å². The fourth-order valence-corrected chi connectivity index (χ4v) is 3.47. The van der Waals surface area contributed by atoms with Crippen molar-refractivity contribution in [2.75, 3.05) is 20.3 Å². The highest BCUT2D eigenvalue weighted by Crippen LogP contribution is 2.34. The average molecular weight is 369 g/mol. The number of methoxy groups -OCH3 is 1. The molecule has 26 heavy (non-hydrogen) atoms. The summed E-state index contributed by atoms with van der Waals surface area (Å²) in [5.41, 5.74) is -0.890. The van der Waals surface area contributed by atoms with Gasteiger partial charge in [0.1, 0.15) is 5.78 Å². The van der Waals surface area contributed by atoms with Crippen molar-refractivity contribution >= 4 is 11.8 Å². The lowest BCUT2D eigenvalue weighted by atomic mass is 9.88. The highest BCUT2D eigenvalue weighted by Gasteiger charge is 2.32. The Balaban J connectivity index is 2.35. The number of ketones is 1. The van der Waals surface area contributed by atoms with Gasteiger partial charge in [-0.25, -0.2) is 0 Å². The molecule has 0 bridgehead atoms. The number of carbonyl (C=O) groups excluding carboxylic acids is 2. The molecule has 0 radical (unpaired) electrons. The van der Waals surface area contributed by atoms with Crippen molar-refractivity contribution in [3.8, 4) is 0 Å². The Morgan fingerprint density at radius 3 is 2.73 bits per heavy atom. The number of hydrogen-bond acceptors (Lipinski definition) is 5. The molecule has 1 N–H and O–H groups in total. The number of Topliss-reactive ketones (excluding diaryl/α,β-unsaturated/α-hetero) is 1. The number of hydrogen-bond donors (Lipinski definition) is 1. The predicted molar refractivity (Wildman–Crippen MR) is 102 cm³/mol. The monoisotopic (exact) mass is 368 g/mol. The van der Waals surface area contributed by atoms with Crippen LogP contribution in [0.25, 0.3) is 0 Å². The molecule has 0 spiro atoms. The highest BCUT2D eigenvalue weighted by atomic mass is 16.5. The third-order valence-electron chi connectivity index (χ3n) is 5.19. The molecule has 1 saturated carbocycles. The van der Waals surface area contributed by atoms with Crippen LogP contribution in [0.1, 0.15) is 71.6 Å². The molecule has 0 aromatic heterocycles. The molecule has 0 saturated heterocycles. The molecule has 1 fully saturated rings. The molecule has 0 amide bonds. The molecule has 1 rings (SSSR count). The maximum Gasteiger partial charge on any atom is 0.305 e. The summed E-state index contributed by atoms with van der Waals surface area (Å²) in [6.07, 6.45) is 11.2. The number of allylic oxidation sites excluding steroid dienone is 1. The number of carbonyl (C=O) groups is 2. The molecular weight excluding hydrogens is 332 g/mol. The van der Waals surface area contributed by atoms with Crippen LogP contribution < -0.4 is 0 Å². The molecule has 150 valence electrons. The lowest BCUT2D eigenvalue weighted by Crippen LogP contribution is -2.24. The minimum atomic E-state index is -0.890. The fraction of sp³-hybridized carbons (Fsp3) is 0.810. The Hall–Kier alpha value is -1.20. The van der Waals surface area contributed by atoms with Gasteiger partial charge in [0.05, 0.1) is 12.7 Å². The Labute approximate surface area is 158 Å². The van der Waals surface area contributed by atoms with Crippen LogP contribution >= 0.6 is 0 Å². The van der Waals surface area contributed by atoms with Gasteiger partial charge in [-0.2, -0.15) is 0 Å². The van der Waals surface area contributed by atoms with Crippen LogP contribution in [0, 0.1) is 11.8 Å². The average Bonchev–Trinajstić information content (AvgIpc) is 2.96. The summed E-state index contributed by atoms with van der Waals surface area (Å²) >= 11 is 0.